The number of carbonyl (C=O) groups is 2. The summed E-state index contributed by atoms with van der Waals surface area (Å²) < 4.78 is 15.2. The first-order valence-electron chi connectivity index (χ1n) is 4.34. The molecule has 1 fully saturated rings. The first-order valence-corrected chi connectivity index (χ1v) is 4.34. The van der Waals surface area contributed by atoms with Crippen LogP contribution in [0.15, 0.2) is 11.6 Å². The second kappa shape index (κ2) is 3.09. The van der Waals surface area contributed by atoms with E-state index in [-0.39, 0.29) is 6.61 Å². The van der Waals surface area contributed by atoms with Crippen molar-refractivity contribution in [3.8, 4) is 0 Å². The Balaban J connectivity index is 2.26. The van der Waals surface area contributed by atoms with E-state index in [1.807, 2.05) is 0 Å². The van der Waals surface area contributed by atoms with Crippen LogP contribution in [0.3, 0.4) is 0 Å². The third-order valence-corrected chi connectivity index (χ3v) is 2.19. The van der Waals surface area contributed by atoms with Crippen molar-refractivity contribution in [2.24, 2.45) is 0 Å². The molecule has 1 unspecified atom stereocenters. The molecule has 0 amide bonds. The van der Waals surface area contributed by atoms with Gasteiger partial charge in [0.25, 0.3) is 5.79 Å². The van der Waals surface area contributed by atoms with Gasteiger partial charge in [0.2, 0.25) is 0 Å². The highest BCUT2D eigenvalue weighted by Gasteiger charge is 2.48. The number of ether oxygens (including phenoxy) is 3. The zero-order valence-corrected chi connectivity index (χ0v) is 7.74. The number of esters is 2. The number of fused-ring (bicyclic) bond motifs is 1. The van der Waals surface area contributed by atoms with E-state index in [0.29, 0.717) is 18.6 Å². The van der Waals surface area contributed by atoms with Gasteiger partial charge in [-0.05, 0) is 0 Å². The lowest BCUT2D eigenvalue weighted by atomic mass is 10.0. The van der Waals surface area contributed by atoms with Crippen molar-refractivity contribution >= 4 is 11.9 Å². The predicted molar refractivity (Wildman–Crippen MR) is 44.1 cm³/mol. The van der Waals surface area contributed by atoms with Gasteiger partial charge in [-0.25, -0.2) is 4.79 Å². The van der Waals surface area contributed by atoms with Crippen molar-refractivity contribution in [2.75, 3.05) is 13.2 Å². The van der Waals surface area contributed by atoms with E-state index in [1.54, 1.807) is 0 Å². The standard InChI is InChI=1S/C9H10O5/c1-6(10)13-9-2-3-12-5-7(9)4-8(11)14-9/h4H,2-3,5H2,1H3. The highest BCUT2D eigenvalue weighted by Crippen LogP contribution is 2.36. The lowest BCUT2D eigenvalue weighted by Gasteiger charge is -2.33. The van der Waals surface area contributed by atoms with E-state index in [1.165, 1.54) is 13.0 Å². The lowest BCUT2D eigenvalue weighted by molar-refractivity contribution is -0.217. The van der Waals surface area contributed by atoms with Crippen LogP contribution in [0.25, 0.3) is 0 Å². The van der Waals surface area contributed by atoms with Gasteiger partial charge in [-0.3, -0.25) is 4.79 Å². The van der Waals surface area contributed by atoms with Gasteiger partial charge in [0, 0.05) is 18.6 Å². The smallest absolute Gasteiger partial charge is 0.334 e. The number of rotatable bonds is 1. The minimum absolute atomic E-state index is 0.277. The van der Waals surface area contributed by atoms with Gasteiger partial charge in [-0.2, -0.15) is 0 Å². The van der Waals surface area contributed by atoms with Crippen molar-refractivity contribution < 1.29 is 23.8 Å². The monoisotopic (exact) mass is 198 g/mol. The number of hydrogen-bond acceptors (Lipinski definition) is 5. The Morgan fingerprint density at radius 3 is 3.14 bits per heavy atom. The molecule has 2 rings (SSSR count). The van der Waals surface area contributed by atoms with Gasteiger partial charge < -0.3 is 14.2 Å². The molecule has 5 heteroatoms. The molecule has 0 bridgehead atoms. The van der Waals surface area contributed by atoms with Crippen molar-refractivity contribution in [3.63, 3.8) is 0 Å². The Kier molecular flexibility index (Phi) is 2.03. The molecule has 0 N–H and O–H groups in total. The van der Waals surface area contributed by atoms with E-state index < -0.39 is 17.7 Å². The number of hydrogen-bond donors (Lipinski definition) is 0. The summed E-state index contributed by atoms with van der Waals surface area (Å²) in [6.45, 7) is 1.98. The highest BCUT2D eigenvalue weighted by atomic mass is 16.7. The van der Waals surface area contributed by atoms with Crippen molar-refractivity contribution in [1.29, 1.82) is 0 Å². The first kappa shape index (κ1) is 9.21. The van der Waals surface area contributed by atoms with Gasteiger partial charge in [-0.15, -0.1) is 0 Å². The zero-order chi connectivity index (χ0) is 10.2. The van der Waals surface area contributed by atoms with E-state index in [9.17, 15) is 9.59 Å². The zero-order valence-electron chi connectivity index (χ0n) is 7.74. The molecule has 0 aromatic rings. The summed E-state index contributed by atoms with van der Waals surface area (Å²) in [5.74, 6) is -2.12. The summed E-state index contributed by atoms with van der Waals surface area (Å²) in [7, 11) is 0. The predicted octanol–water partition coefficient (Wildman–Crippen LogP) is 0.149. The molecule has 5 nitrogen and oxygen atoms in total. The topological polar surface area (TPSA) is 61.8 Å². The van der Waals surface area contributed by atoms with Crippen LogP contribution < -0.4 is 0 Å². The average molecular weight is 198 g/mol. The van der Waals surface area contributed by atoms with Crippen LogP contribution in [-0.4, -0.2) is 30.9 Å². The van der Waals surface area contributed by atoms with E-state index in [2.05, 4.69) is 0 Å². The average Bonchev–Trinajstić information content (AvgIpc) is 2.38. The highest BCUT2D eigenvalue weighted by molar-refractivity contribution is 5.87. The molecule has 76 valence electrons. The van der Waals surface area contributed by atoms with Crippen LogP contribution in [0, 0.1) is 0 Å². The molecule has 0 aromatic heterocycles. The summed E-state index contributed by atoms with van der Waals surface area (Å²) in [6, 6.07) is 0. The molecule has 0 spiro atoms. The van der Waals surface area contributed by atoms with Gasteiger partial charge in [0.15, 0.2) is 0 Å². The van der Waals surface area contributed by atoms with Crippen molar-refractivity contribution in [1.82, 2.24) is 0 Å². The molecule has 0 aliphatic carbocycles. The van der Waals surface area contributed by atoms with E-state index in [4.69, 9.17) is 14.2 Å². The molecule has 0 aromatic carbocycles. The fraction of sp³-hybridized carbons (Fsp3) is 0.556. The molecule has 1 saturated heterocycles. The van der Waals surface area contributed by atoms with Gasteiger partial charge in [-0.1, -0.05) is 0 Å². The largest absolute Gasteiger partial charge is 0.418 e. The lowest BCUT2D eigenvalue weighted by Crippen LogP contribution is -2.42. The first-order chi connectivity index (χ1) is 6.62. The van der Waals surface area contributed by atoms with Crippen molar-refractivity contribution in [2.45, 2.75) is 19.1 Å². The molecule has 2 aliphatic heterocycles. The summed E-state index contributed by atoms with van der Waals surface area (Å²) in [5.41, 5.74) is 0.587. The summed E-state index contributed by atoms with van der Waals surface area (Å²) in [5, 5.41) is 0. The fourth-order valence-electron chi connectivity index (χ4n) is 1.63. The Morgan fingerprint density at radius 1 is 1.64 bits per heavy atom. The minimum Gasteiger partial charge on any atom is -0.418 e. The maximum atomic E-state index is 11.1. The van der Waals surface area contributed by atoms with Crippen LogP contribution in [-0.2, 0) is 23.8 Å². The van der Waals surface area contributed by atoms with Crippen LogP contribution in [0.4, 0.5) is 0 Å². The minimum atomic E-state index is -1.18. The van der Waals surface area contributed by atoms with Crippen LogP contribution >= 0.6 is 0 Å². The van der Waals surface area contributed by atoms with Crippen LogP contribution in [0.1, 0.15) is 13.3 Å². The van der Waals surface area contributed by atoms with Gasteiger partial charge in [0.1, 0.15) is 0 Å². The number of carbonyl (C=O) groups excluding carboxylic acids is 2. The summed E-state index contributed by atoms with van der Waals surface area (Å²) in [6.07, 6.45) is 1.69. The molecule has 2 aliphatic rings. The molecular weight excluding hydrogens is 188 g/mol. The van der Waals surface area contributed by atoms with Crippen LogP contribution in [0.2, 0.25) is 0 Å². The Bertz CT molecular complexity index is 319. The SMILES string of the molecule is CC(=O)OC12CCOCC1=CC(=O)O2. The summed E-state index contributed by atoms with van der Waals surface area (Å²) >= 11 is 0. The second-order valence-corrected chi connectivity index (χ2v) is 3.24. The van der Waals surface area contributed by atoms with E-state index in [0.717, 1.165) is 0 Å². The van der Waals surface area contributed by atoms with Gasteiger partial charge in [0.05, 0.1) is 19.6 Å². The molecule has 1 atom stereocenters. The Hall–Kier alpha value is -1.36. The Labute approximate surface area is 80.6 Å². The quantitative estimate of drug-likeness (QED) is 0.561. The maximum absolute atomic E-state index is 11.1. The second-order valence-electron chi connectivity index (χ2n) is 3.24. The van der Waals surface area contributed by atoms with E-state index >= 15 is 0 Å². The normalized spacial score (nSPS) is 30.4. The third-order valence-electron chi connectivity index (χ3n) is 2.19. The summed E-state index contributed by atoms with van der Waals surface area (Å²) in [4.78, 5) is 21.9. The molecule has 0 saturated carbocycles. The van der Waals surface area contributed by atoms with Crippen molar-refractivity contribution in [3.05, 3.63) is 11.6 Å². The molecule has 0 radical (unpaired) electrons. The maximum Gasteiger partial charge on any atom is 0.334 e. The molecular formula is C9H10O5. The van der Waals surface area contributed by atoms with Gasteiger partial charge >= 0.3 is 11.9 Å². The Morgan fingerprint density at radius 2 is 2.43 bits per heavy atom. The van der Waals surface area contributed by atoms with Crippen LogP contribution in [0.5, 0.6) is 0 Å². The molecule has 14 heavy (non-hydrogen) atoms. The third kappa shape index (κ3) is 1.39. The fourth-order valence-corrected chi connectivity index (χ4v) is 1.63. The molecule has 2 heterocycles.